The molecule has 0 bridgehead atoms. The van der Waals surface area contributed by atoms with Crippen LogP contribution in [0.3, 0.4) is 0 Å². The van der Waals surface area contributed by atoms with E-state index < -0.39 is 11.9 Å². The number of nitriles is 1. The van der Waals surface area contributed by atoms with Crippen LogP contribution in [-0.2, 0) is 14.3 Å². The molecule has 6 nitrogen and oxygen atoms in total. The number of esters is 1. The minimum Gasteiger partial charge on any atom is -0.463 e. The van der Waals surface area contributed by atoms with Crippen LogP contribution in [0, 0.1) is 11.3 Å². The van der Waals surface area contributed by atoms with Crippen molar-refractivity contribution in [2.24, 2.45) is 5.73 Å². The van der Waals surface area contributed by atoms with Gasteiger partial charge in [0.05, 0.1) is 18.1 Å². The van der Waals surface area contributed by atoms with E-state index in [1.54, 1.807) is 19.9 Å². The fraction of sp³-hybridized carbons (Fsp3) is 0.280. The average Bonchev–Trinajstić information content (AvgIpc) is 2.74. The first kappa shape index (κ1) is 22.0. The Kier molecular flexibility index (Phi) is 6.66. The van der Waals surface area contributed by atoms with Gasteiger partial charge in [-0.05, 0) is 43.5 Å². The first-order valence-electron chi connectivity index (χ1n) is 10.2. The van der Waals surface area contributed by atoms with E-state index in [0.29, 0.717) is 28.7 Å². The molecule has 160 valence electrons. The molecule has 3 rings (SSSR count). The summed E-state index contributed by atoms with van der Waals surface area (Å²) in [5.74, 6) is 0.533. The van der Waals surface area contributed by atoms with Gasteiger partial charge in [0.15, 0.2) is 0 Å². The summed E-state index contributed by atoms with van der Waals surface area (Å²) in [6, 6.07) is 17.2. The lowest BCUT2D eigenvalue weighted by molar-refractivity contribution is -0.139. The van der Waals surface area contributed by atoms with Crippen molar-refractivity contribution in [3.63, 3.8) is 0 Å². The Hall–Kier alpha value is -3.72. The van der Waals surface area contributed by atoms with Crippen molar-refractivity contribution in [2.75, 3.05) is 6.61 Å². The second kappa shape index (κ2) is 9.40. The molecule has 1 unspecified atom stereocenters. The minimum absolute atomic E-state index is 0.0332. The smallest absolute Gasteiger partial charge is 0.338 e. The van der Waals surface area contributed by atoms with Gasteiger partial charge >= 0.3 is 5.97 Å². The zero-order chi connectivity index (χ0) is 22.5. The Labute approximate surface area is 182 Å². The lowest BCUT2D eigenvalue weighted by Gasteiger charge is -2.28. The van der Waals surface area contributed by atoms with Gasteiger partial charge in [0.2, 0.25) is 5.88 Å². The Morgan fingerprint density at radius 2 is 1.87 bits per heavy atom. The highest BCUT2D eigenvalue weighted by atomic mass is 16.5. The maximum atomic E-state index is 12.8. The molecule has 6 heteroatoms. The molecule has 2 aromatic rings. The molecular formula is C25H26N2O4. The highest BCUT2D eigenvalue weighted by Crippen LogP contribution is 2.43. The average molecular weight is 418 g/mol. The number of nitrogens with two attached hydrogens (primary N) is 1. The molecule has 2 N–H and O–H groups in total. The molecule has 0 fully saturated rings. The van der Waals surface area contributed by atoms with Crippen molar-refractivity contribution in [2.45, 2.75) is 39.5 Å². The molecule has 0 radical (unpaired) electrons. The predicted octanol–water partition coefficient (Wildman–Crippen LogP) is 5.25. The highest BCUT2D eigenvalue weighted by molar-refractivity contribution is 5.92. The van der Waals surface area contributed by atoms with Gasteiger partial charge in [-0.25, -0.2) is 4.79 Å². The summed E-state index contributed by atoms with van der Waals surface area (Å²) in [5.41, 5.74) is 8.20. The van der Waals surface area contributed by atoms with E-state index in [1.807, 2.05) is 42.5 Å². The molecule has 1 heterocycles. The van der Waals surface area contributed by atoms with E-state index in [9.17, 15) is 10.1 Å². The Bertz CT molecular complexity index is 1080. The molecule has 0 aromatic heterocycles. The van der Waals surface area contributed by atoms with E-state index in [-0.39, 0.29) is 23.6 Å². The van der Waals surface area contributed by atoms with Crippen molar-refractivity contribution in [3.05, 3.63) is 82.4 Å². The SMILES string of the molecule is CCOC(=O)C1=C(C)OC(N)=C(C#N)C1c1ccccc1Oc1ccc(C(C)C)cc1. The van der Waals surface area contributed by atoms with Crippen molar-refractivity contribution in [3.8, 4) is 17.6 Å². The molecule has 31 heavy (non-hydrogen) atoms. The fourth-order valence-corrected chi connectivity index (χ4v) is 3.53. The number of hydrogen-bond donors (Lipinski definition) is 1. The van der Waals surface area contributed by atoms with E-state index in [1.165, 1.54) is 5.56 Å². The second-order valence-electron chi connectivity index (χ2n) is 7.48. The number of benzene rings is 2. The zero-order valence-electron chi connectivity index (χ0n) is 18.1. The van der Waals surface area contributed by atoms with Gasteiger partial charge in [-0.3, -0.25) is 0 Å². The Balaban J connectivity index is 2.08. The second-order valence-corrected chi connectivity index (χ2v) is 7.48. The number of rotatable bonds is 6. The third kappa shape index (κ3) is 4.56. The number of carbonyl (C=O) groups is 1. The van der Waals surface area contributed by atoms with Crippen LogP contribution in [0.5, 0.6) is 11.5 Å². The summed E-state index contributed by atoms with van der Waals surface area (Å²) >= 11 is 0. The van der Waals surface area contributed by atoms with Crippen LogP contribution in [0.2, 0.25) is 0 Å². The molecule has 2 aromatic carbocycles. The van der Waals surface area contributed by atoms with E-state index in [2.05, 4.69) is 19.9 Å². The topological polar surface area (TPSA) is 94.6 Å². The molecule has 0 saturated carbocycles. The largest absolute Gasteiger partial charge is 0.463 e. The van der Waals surface area contributed by atoms with Gasteiger partial charge in [0.1, 0.15) is 28.9 Å². The van der Waals surface area contributed by atoms with Crippen LogP contribution >= 0.6 is 0 Å². The van der Waals surface area contributed by atoms with Gasteiger partial charge in [-0.15, -0.1) is 0 Å². The van der Waals surface area contributed by atoms with Crippen molar-refractivity contribution in [1.82, 2.24) is 0 Å². The molecule has 1 aliphatic rings. The maximum Gasteiger partial charge on any atom is 0.338 e. The van der Waals surface area contributed by atoms with E-state index in [4.69, 9.17) is 19.9 Å². The van der Waals surface area contributed by atoms with Gasteiger partial charge in [0, 0.05) is 5.56 Å². The Morgan fingerprint density at radius 1 is 1.19 bits per heavy atom. The molecule has 1 atom stereocenters. The number of allylic oxidation sites excluding steroid dienone is 2. The first-order valence-corrected chi connectivity index (χ1v) is 10.2. The minimum atomic E-state index is -0.760. The number of nitrogens with zero attached hydrogens (tertiary/aromatic N) is 1. The first-order chi connectivity index (χ1) is 14.9. The molecule has 0 spiro atoms. The van der Waals surface area contributed by atoms with E-state index >= 15 is 0 Å². The standard InChI is InChI=1S/C25H26N2O4/c1-5-29-25(28)22-16(4)30-24(27)20(14-26)23(22)19-8-6-7-9-21(19)31-18-12-10-17(11-13-18)15(2)3/h6-13,15,23H,5,27H2,1-4H3. The maximum absolute atomic E-state index is 12.8. The summed E-state index contributed by atoms with van der Waals surface area (Å²) in [5, 5.41) is 9.79. The summed E-state index contributed by atoms with van der Waals surface area (Å²) in [7, 11) is 0. The highest BCUT2D eigenvalue weighted by Gasteiger charge is 2.37. The van der Waals surface area contributed by atoms with E-state index in [0.717, 1.165) is 0 Å². The Morgan fingerprint density at radius 3 is 2.48 bits per heavy atom. The lowest BCUT2D eigenvalue weighted by atomic mass is 9.82. The van der Waals surface area contributed by atoms with Gasteiger partial charge in [0.25, 0.3) is 0 Å². The number of hydrogen-bond acceptors (Lipinski definition) is 6. The fourth-order valence-electron chi connectivity index (χ4n) is 3.53. The third-order valence-corrected chi connectivity index (χ3v) is 5.11. The summed E-state index contributed by atoms with van der Waals surface area (Å²) in [4.78, 5) is 12.8. The predicted molar refractivity (Wildman–Crippen MR) is 117 cm³/mol. The van der Waals surface area contributed by atoms with Crippen molar-refractivity contribution >= 4 is 5.97 Å². The quantitative estimate of drug-likeness (QED) is 0.644. The third-order valence-electron chi connectivity index (χ3n) is 5.11. The number of ether oxygens (including phenoxy) is 3. The van der Waals surface area contributed by atoms with Crippen LogP contribution in [-0.4, -0.2) is 12.6 Å². The lowest BCUT2D eigenvalue weighted by Crippen LogP contribution is -2.25. The van der Waals surface area contributed by atoms with Gasteiger partial charge in [-0.1, -0.05) is 44.2 Å². The summed E-state index contributed by atoms with van der Waals surface area (Å²) < 4.78 is 16.9. The normalized spacial score (nSPS) is 16.1. The van der Waals surface area contributed by atoms with Gasteiger partial charge in [-0.2, -0.15) is 5.26 Å². The molecule has 0 amide bonds. The van der Waals surface area contributed by atoms with Crippen LogP contribution in [0.15, 0.2) is 71.3 Å². The monoisotopic (exact) mass is 418 g/mol. The molecular weight excluding hydrogens is 392 g/mol. The van der Waals surface area contributed by atoms with Crippen LogP contribution in [0.25, 0.3) is 0 Å². The van der Waals surface area contributed by atoms with Gasteiger partial charge < -0.3 is 19.9 Å². The molecule has 0 aliphatic carbocycles. The number of carbonyl (C=O) groups excluding carboxylic acids is 1. The van der Waals surface area contributed by atoms with Crippen molar-refractivity contribution < 1.29 is 19.0 Å². The van der Waals surface area contributed by atoms with Crippen LogP contribution in [0.1, 0.15) is 50.7 Å². The molecule has 1 aliphatic heterocycles. The summed E-state index contributed by atoms with van der Waals surface area (Å²) in [6.45, 7) is 7.81. The summed E-state index contributed by atoms with van der Waals surface area (Å²) in [6.07, 6.45) is 0. The zero-order valence-corrected chi connectivity index (χ0v) is 18.1. The number of para-hydroxylation sites is 1. The van der Waals surface area contributed by atoms with Crippen molar-refractivity contribution in [1.29, 1.82) is 5.26 Å². The van der Waals surface area contributed by atoms with Crippen LogP contribution < -0.4 is 10.5 Å². The van der Waals surface area contributed by atoms with Crippen LogP contribution in [0.4, 0.5) is 0 Å². The molecule has 0 saturated heterocycles.